The van der Waals surface area contributed by atoms with Gasteiger partial charge in [0.1, 0.15) is 37.0 Å². The van der Waals surface area contributed by atoms with Crippen LogP contribution < -0.4 is 4.90 Å². The molecule has 454 valence electrons. The van der Waals surface area contributed by atoms with Gasteiger partial charge in [0.25, 0.3) is 11.8 Å². The van der Waals surface area contributed by atoms with Crippen molar-refractivity contribution in [1.82, 2.24) is 5.06 Å². The fraction of sp³-hybridized carbons (Fsp3) is 0.462. The van der Waals surface area contributed by atoms with E-state index >= 15 is 0 Å². The monoisotopic (exact) mass is 1250 g/mol. The predicted molar refractivity (Wildman–Crippen MR) is 290 cm³/mol. The minimum absolute atomic E-state index is 0.0233. The second-order valence-corrected chi connectivity index (χ2v) is 27.9. The van der Waals surface area contributed by atoms with E-state index in [9.17, 15) is 74.7 Å². The Bertz CT molecular complexity index is 3900. The largest absolute Gasteiger partial charge is 0.748 e. The van der Waals surface area contributed by atoms with Crippen molar-refractivity contribution in [2.45, 2.75) is 83.3 Å². The van der Waals surface area contributed by atoms with E-state index in [-0.39, 0.29) is 132 Å². The van der Waals surface area contributed by atoms with Crippen molar-refractivity contribution in [3.05, 3.63) is 83.6 Å². The molecule has 0 aromatic heterocycles. The van der Waals surface area contributed by atoms with Gasteiger partial charge < -0.3 is 51.6 Å². The molecule has 1 unspecified atom stereocenters. The summed E-state index contributed by atoms with van der Waals surface area (Å²) in [5.41, 5.74) is -0.158. The van der Waals surface area contributed by atoms with E-state index in [1.54, 1.807) is 50.0 Å². The molecule has 0 saturated carbocycles. The molecule has 2 amide bonds. The molecule has 0 bridgehead atoms. The molecular formula is C52H60N3O23S5-3. The van der Waals surface area contributed by atoms with E-state index in [2.05, 4.69) is 0 Å². The van der Waals surface area contributed by atoms with Gasteiger partial charge in [0, 0.05) is 78.4 Å². The van der Waals surface area contributed by atoms with Crippen LogP contribution in [0.4, 0.5) is 11.4 Å². The Morgan fingerprint density at radius 2 is 1.19 bits per heavy atom. The van der Waals surface area contributed by atoms with Gasteiger partial charge in [-0.25, -0.2) is 46.9 Å². The first kappa shape index (κ1) is 64.9. The smallest absolute Gasteiger partial charge is 0.335 e. The van der Waals surface area contributed by atoms with Crippen molar-refractivity contribution >= 4 is 107 Å². The number of benzene rings is 4. The van der Waals surface area contributed by atoms with E-state index in [1.165, 1.54) is 25.3 Å². The molecule has 4 aromatic carbocycles. The average molecular weight is 1260 g/mol. The van der Waals surface area contributed by atoms with Crippen LogP contribution in [0.5, 0.6) is 0 Å². The van der Waals surface area contributed by atoms with Gasteiger partial charge in [0.15, 0.2) is 22.1 Å². The molecule has 31 heteroatoms. The number of hydroxylamine groups is 2. The zero-order valence-corrected chi connectivity index (χ0v) is 49.7. The summed E-state index contributed by atoms with van der Waals surface area (Å²) in [6, 6.07) is 9.29. The van der Waals surface area contributed by atoms with Gasteiger partial charge in [0.05, 0.1) is 94.4 Å². The van der Waals surface area contributed by atoms with Crippen LogP contribution in [-0.2, 0) is 104 Å². The molecule has 0 radical (unpaired) electrons. The summed E-state index contributed by atoms with van der Waals surface area (Å²) >= 11 is 0. The molecule has 4 aromatic rings. The number of hydrogen-bond donors (Lipinski definition) is 0. The maximum atomic E-state index is 13.2. The van der Waals surface area contributed by atoms with Crippen molar-refractivity contribution < 1.29 is 108 Å². The van der Waals surface area contributed by atoms with Crippen molar-refractivity contribution in [1.29, 1.82) is 0 Å². The number of amides is 2. The lowest BCUT2D eigenvalue weighted by molar-refractivity contribution is -0.442. The number of carbonyl (C=O) groups is 3. The number of sulfone groups is 1. The first-order valence-corrected chi connectivity index (χ1v) is 33.3. The topological polar surface area (TPSA) is 379 Å². The third kappa shape index (κ3) is 14.9. The van der Waals surface area contributed by atoms with E-state index in [4.69, 9.17) is 28.5 Å². The Labute approximate surface area is 480 Å². The number of allylic oxidation sites excluding steroid dienone is 4. The molecule has 3 aliphatic rings. The first-order valence-electron chi connectivity index (χ1n) is 25.6. The third-order valence-corrected chi connectivity index (χ3v) is 18.6. The quantitative estimate of drug-likeness (QED) is 0.0326. The van der Waals surface area contributed by atoms with E-state index in [1.807, 2.05) is 4.58 Å². The second-order valence-electron chi connectivity index (χ2n) is 20.2. The molecule has 0 spiro atoms. The van der Waals surface area contributed by atoms with Crippen LogP contribution in [0.1, 0.15) is 64.0 Å². The zero-order chi connectivity index (χ0) is 61.1. The first-order chi connectivity index (χ1) is 38.7. The second kappa shape index (κ2) is 25.5. The fourth-order valence-corrected chi connectivity index (χ4v) is 13.9. The van der Waals surface area contributed by atoms with Gasteiger partial charge in [0.2, 0.25) is 5.69 Å². The zero-order valence-electron chi connectivity index (χ0n) is 45.6. The summed E-state index contributed by atoms with van der Waals surface area (Å²) in [6.45, 7) is 6.42. The number of ether oxygens (including phenoxy) is 5. The number of rotatable bonds is 29. The minimum atomic E-state index is -5.43. The minimum Gasteiger partial charge on any atom is -0.748 e. The molecular weight excluding hydrogens is 1190 g/mol. The van der Waals surface area contributed by atoms with Crippen LogP contribution in [0.3, 0.4) is 0 Å². The Hall–Kier alpha value is -5.65. The normalized spacial score (nSPS) is 18.2. The summed E-state index contributed by atoms with van der Waals surface area (Å²) in [5.74, 6) is -2.81. The number of hydrogen-bond acceptors (Lipinski definition) is 24. The Balaban J connectivity index is 1.18. The Morgan fingerprint density at radius 1 is 0.663 bits per heavy atom. The van der Waals surface area contributed by atoms with Gasteiger partial charge in [-0.1, -0.05) is 12.1 Å². The molecule has 3 aliphatic heterocycles. The summed E-state index contributed by atoms with van der Waals surface area (Å²) < 4.78 is 206. The molecule has 3 heterocycles. The molecule has 1 saturated heterocycles. The number of nitrogens with zero attached hydrogens (tertiary/aromatic N) is 3. The molecule has 0 N–H and O–H groups in total. The average Bonchev–Trinajstić information content (AvgIpc) is 3.88. The molecule has 0 aliphatic carbocycles. The molecule has 1 fully saturated rings. The summed E-state index contributed by atoms with van der Waals surface area (Å²) in [5, 5.41) is 0.389. The highest BCUT2D eigenvalue weighted by atomic mass is 32.2. The van der Waals surface area contributed by atoms with Gasteiger partial charge in [-0.3, -0.25) is 9.59 Å². The van der Waals surface area contributed by atoms with Crippen LogP contribution >= 0.6 is 0 Å². The van der Waals surface area contributed by atoms with E-state index in [0.29, 0.717) is 39.5 Å². The summed E-state index contributed by atoms with van der Waals surface area (Å²) in [4.78, 5) is 38.5. The van der Waals surface area contributed by atoms with Crippen LogP contribution in [0.2, 0.25) is 0 Å². The highest BCUT2D eigenvalue weighted by molar-refractivity contribution is 7.91. The van der Waals surface area contributed by atoms with Crippen molar-refractivity contribution in [2.75, 3.05) is 96.6 Å². The van der Waals surface area contributed by atoms with Crippen molar-refractivity contribution in [3.63, 3.8) is 0 Å². The highest BCUT2D eigenvalue weighted by Crippen LogP contribution is 2.54. The standard InChI is InChI=1S/C52H63N3O23S5/c1-51(2)44(8-6-9-45-52(3,17-7-29-80(61,62)63)50-39-31-35(82(67,68)69)33-43(83(70,71)72)37(39)11-13-41(50)54(45)18-21-73-4)53(40-12-10-36-38(49(40)51)30-34(81(64,65)66)32-42(36)79(5,59)60)19-22-75-24-26-77-28-27-76-25-23-74-20-16-48(58)78-55-46(56)14-15-47(55)57/h6,8-13,30-33H,7,14-29H2,1-5H3,(H3-,61,62,63,64,65,66,67,68,69,70,71,72)/p-3. The molecule has 26 nitrogen and oxygen atoms in total. The Morgan fingerprint density at radius 3 is 1.73 bits per heavy atom. The Kier molecular flexibility index (Phi) is 19.9. The highest BCUT2D eigenvalue weighted by Gasteiger charge is 2.47. The van der Waals surface area contributed by atoms with Gasteiger partial charge in [-0.15, -0.1) is 5.06 Å². The number of anilines is 1. The lowest BCUT2D eigenvalue weighted by Crippen LogP contribution is -2.32. The maximum absolute atomic E-state index is 13.2. The summed E-state index contributed by atoms with van der Waals surface area (Å²) in [6.07, 6.45) is 5.21. The predicted octanol–water partition coefficient (Wildman–Crippen LogP) is 2.74. The van der Waals surface area contributed by atoms with E-state index in [0.717, 1.165) is 24.5 Å². The van der Waals surface area contributed by atoms with Crippen LogP contribution in [0.25, 0.3) is 21.5 Å². The lowest BCUT2D eigenvalue weighted by atomic mass is 9.75. The van der Waals surface area contributed by atoms with E-state index < -0.39 is 104 Å². The lowest BCUT2D eigenvalue weighted by Gasteiger charge is -2.31. The van der Waals surface area contributed by atoms with Gasteiger partial charge in [-0.2, -0.15) is 4.58 Å². The third-order valence-electron chi connectivity index (χ3n) is 14.2. The van der Waals surface area contributed by atoms with Crippen molar-refractivity contribution in [3.8, 4) is 0 Å². The van der Waals surface area contributed by atoms with Crippen LogP contribution in [-0.4, -0.2) is 185 Å². The summed E-state index contributed by atoms with van der Waals surface area (Å²) in [7, 11) is -23.5. The van der Waals surface area contributed by atoms with Crippen LogP contribution in [0, 0.1) is 0 Å². The fourth-order valence-electron chi connectivity index (χ4n) is 10.6. The number of fused-ring (bicyclic) bond motifs is 6. The SMILES string of the molecule is COCCN1C(=CC=CC2=[N+](CCOCCOCCOCCOCCC(=O)ON3C(=O)CCC3=O)c3ccc4c(S(C)(=O)=O)cc(S(=O)(=O)[O-])cc4c3C2(C)C)C(C)(CCCS(=O)(=O)[O-])c2c1ccc1c(S(=O)(=O)[O-])cc(S(=O)(=O)[O-])cc21. The number of imide groups is 1. The maximum Gasteiger partial charge on any atom is 0.335 e. The number of methoxy groups -OCH3 is 1. The van der Waals surface area contributed by atoms with Gasteiger partial charge in [-0.05, 0) is 97.8 Å². The van der Waals surface area contributed by atoms with Crippen molar-refractivity contribution in [2.24, 2.45) is 0 Å². The molecule has 83 heavy (non-hydrogen) atoms. The molecule has 1 atom stereocenters. The molecule has 7 rings (SSSR count). The van der Waals surface area contributed by atoms with Gasteiger partial charge >= 0.3 is 5.97 Å². The number of carbonyl (C=O) groups excluding carboxylic acids is 3. The van der Waals surface area contributed by atoms with Crippen LogP contribution in [0.15, 0.2) is 92.0 Å².